The molecular formula is C14H24N4O2S. The predicted molar refractivity (Wildman–Crippen MR) is 85.8 cm³/mol. The van der Waals surface area contributed by atoms with Crippen LogP contribution in [0.1, 0.15) is 42.8 Å². The molecule has 2 rings (SSSR count). The SMILES string of the molecule is CCN(C(=O)c1sc(NC2CCC2)nc1N)C(C)COC. The largest absolute Gasteiger partial charge is 0.383 e. The molecule has 1 fully saturated rings. The quantitative estimate of drug-likeness (QED) is 0.806. The zero-order valence-corrected chi connectivity index (χ0v) is 13.7. The third kappa shape index (κ3) is 3.65. The molecule has 0 saturated heterocycles. The molecule has 1 atom stereocenters. The van der Waals surface area contributed by atoms with Gasteiger partial charge < -0.3 is 20.7 Å². The Morgan fingerprint density at radius 3 is 2.86 bits per heavy atom. The minimum atomic E-state index is -0.0706. The standard InChI is InChI=1S/C14H24N4O2S/c1-4-18(9(2)8-20-3)13(19)11-12(15)17-14(21-11)16-10-6-5-7-10/h9-10H,4-8,15H2,1-3H3,(H,16,17). The number of hydrogen-bond donors (Lipinski definition) is 2. The summed E-state index contributed by atoms with van der Waals surface area (Å²) in [6.45, 7) is 5.04. The highest BCUT2D eigenvalue weighted by molar-refractivity contribution is 7.18. The van der Waals surface area contributed by atoms with Crippen molar-refractivity contribution in [2.24, 2.45) is 0 Å². The highest BCUT2D eigenvalue weighted by Crippen LogP contribution is 2.30. The van der Waals surface area contributed by atoms with Crippen LogP contribution < -0.4 is 11.1 Å². The molecule has 1 unspecified atom stereocenters. The van der Waals surface area contributed by atoms with Crippen molar-refractivity contribution in [2.45, 2.75) is 45.2 Å². The number of carbonyl (C=O) groups excluding carboxylic acids is 1. The van der Waals surface area contributed by atoms with Crippen molar-refractivity contribution in [1.29, 1.82) is 0 Å². The van der Waals surface area contributed by atoms with E-state index >= 15 is 0 Å². The lowest BCUT2D eigenvalue weighted by Gasteiger charge is -2.27. The number of aromatic nitrogens is 1. The summed E-state index contributed by atoms with van der Waals surface area (Å²) < 4.78 is 5.13. The van der Waals surface area contributed by atoms with Crippen molar-refractivity contribution < 1.29 is 9.53 Å². The number of nitrogens with one attached hydrogen (secondary N) is 1. The molecule has 1 amide bonds. The minimum Gasteiger partial charge on any atom is -0.383 e. The maximum Gasteiger partial charge on any atom is 0.268 e. The minimum absolute atomic E-state index is 0.0111. The van der Waals surface area contributed by atoms with Gasteiger partial charge in [-0.1, -0.05) is 11.3 Å². The van der Waals surface area contributed by atoms with E-state index in [0.717, 1.165) is 18.0 Å². The van der Waals surface area contributed by atoms with E-state index < -0.39 is 0 Å². The van der Waals surface area contributed by atoms with Crippen LogP contribution in [0.15, 0.2) is 0 Å². The molecule has 7 heteroatoms. The molecule has 1 aliphatic carbocycles. The molecule has 21 heavy (non-hydrogen) atoms. The van der Waals surface area contributed by atoms with Crippen molar-refractivity contribution in [3.8, 4) is 0 Å². The lowest BCUT2D eigenvalue weighted by atomic mass is 9.93. The number of nitrogens with two attached hydrogens (primary N) is 1. The molecule has 0 aromatic carbocycles. The molecule has 1 aromatic rings. The van der Waals surface area contributed by atoms with Gasteiger partial charge in [-0.15, -0.1) is 0 Å². The van der Waals surface area contributed by atoms with Gasteiger partial charge >= 0.3 is 0 Å². The highest BCUT2D eigenvalue weighted by Gasteiger charge is 2.26. The molecule has 1 saturated carbocycles. The molecule has 1 aliphatic rings. The van der Waals surface area contributed by atoms with Crippen LogP contribution in [0.3, 0.4) is 0 Å². The van der Waals surface area contributed by atoms with Gasteiger partial charge in [-0.3, -0.25) is 4.79 Å². The van der Waals surface area contributed by atoms with Crippen LogP contribution in [0.5, 0.6) is 0 Å². The second-order valence-corrected chi connectivity index (χ2v) is 6.40. The van der Waals surface area contributed by atoms with Gasteiger partial charge in [-0.25, -0.2) is 4.98 Å². The van der Waals surface area contributed by atoms with E-state index in [4.69, 9.17) is 10.5 Å². The summed E-state index contributed by atoms with van der Waals surface area (Å²) in [5, 5.41) is 4.08. The van der Waals surface area contributed by atoms with Crippen molar-refractivity contribution in [3.05, 3.63) is 4.88 Å². The number of likely N-dealkylation sites (N-methyl/N-ethyl adjacent to an activating group) is 1. The number of rotatable bonds is 7. The normalized spacial score (nSPS) is 16.3. The fourth-order valence-corrected chi connectivity index (χ4v) is 3.31. The van der Waals surface area contributed by atoms with E-state index in [9.17, 15) is 4.79 Å². The van der Waals surface area contributed by atoms with Gasteiger partial charge in [-0.2, -0.15) is 0 Å². The number of thiazole rings is 1. The maximum atomic E-state index is 12.6. The van der Waals surface area contributed by atoms with Crippen molar-refractivity contribution in [3.63, 3.8) is 0 Å². The predicted octanol–water partition coefficient (Wildman–Crippen LogP) is 2.19. The first-order chi connectivity index (χ1) is 10.1. The molecular weight excluding hydrogens is 288 g/mol. The van der Waals surface area contributed by atoms with Crippen LogP contribution in [0, 0.1) is 0 Å². The average Bonchev–Trinajstić information content (AvgIpc) is 2.76. The Morgan fingerprint density at radius 2 is 2.33 bits per heavy atom. The lowest BCUT2D eigenvalue weighted by molar-refractivity contribution is 0.0584. The summed E-state index contributed by atoms with van der Waals surface area (Å²) in [6.07, 6.45) is 3.58. The summed E-state index contributed by atoms with van der Waals surface area (Å²) in [6, 6.07) is 0.491. The Hall–Kier alpha value is -1.34. The number of carbonyl (C=O) groups is 1. The first kappa shape index (κ1) is 16.0. The number of ether oxygens (including phenoxy) is 1. The molecule has 1 aromatic heterocycles. The van der Waals surface area contributed by atoms with E-state index in [2.05, 4.69) is 10.3 Å². The summed E-state index contributed by atoms with van der Waals surface area (Å²) in [5.74, 6) is 0.244. The number of methoxy groups -OCH3 is 1. The zero-order valence-electron chi connectivity index (χ0n) is 12.9. The molecule has 1 heterocycles. The van der Waals surface area contributed by atoms with Crippen LogP contribution in [0.4, 0.5) is 10.9 Å². The van der Waals surface area contributed by atoms with Gasteiger partial charge in [-0.05, 0) is 33.1 Å². The third-order valence-corrected chi connectivity index (χ3v) is 4.81. The van der Waals surface area contributed by atoms with Crippen molar-refractivity contribution >= 4 is 28.2 Å². The molecule has 0 bridgehead atoms. The molecule has 0 spiro atoms. The van der Waals surface area contributed by atoms with Crippen LogP contribution in [-0.2, 0) is 4.74 Å². The maximum absolute atomic E-state index is 12.6. The first-order valence-electron chi connectivity index (χ1n) is 7.39. The second kappa shape index (κ2) is 7.09. The fourth-order valence-electron chi connectivity index (χ4n) is 2.39. The Labute approximate surface area is 129 Å². The summed E-state index contributed by atoms with van der Waals surface area (Å²) in [4.78, 5) is 19.2. The van der Waals surface area contributed by atoms with Crippen molar-refractivity contribution in [1.82, 2.24) is 9.88 Å². The molecule has 118 valence electrons. The summed E-state index contributed by atoms with van der Waals surface area (Å²) >= 11 is 1.35. The van der Waals surface area contributed by atoms with Gasteiger partial charge in [0.25, 0.3) is 5.91 Å². The summed E-state index contributed by atoms with van der Waals surface area (Å²) in [7, 11) is 1.64. The highest BCUT2D eigenvalue weighted by atomic mass is 32.1. The Balaban J connectivity index is 2.09. The Kier molecular flexibility index (Phi) is 5.41. The monoisotopic (exact) mass is 312 g/mol. The van der Waals surface area contributed by atoms with Crippen LogP contribution >= 0.6 is 11.3 Å². The average molecular weight is 312 g/mol. The molecule has 0 aliphatic heterocycles. The van der Waals surface area contributed by atoms with Gasteiger partial charge in [0, 0.05) is 19.7 Å². The smallest absolute Gasteiger partial charge is 0.268 e. The Bertz CT molecular complexity index is 487. The molecule has 0 radical (unpaired) electrons. The van der Waals surface area contributed by atoms with Gasteiger partial charge in [0.15, 0.2) is 5.13 Å². The second-order valence-electron chi connectivity index (χ2n) is 5.40. The molecule has 3 N–H and O–H groups in total. The molecule has 6 nitrogen and oxygen atoms in total. The summed E-state index contributed by atoms with van der Waals surface area (Å²) in [5.41, 5.74) is 5.92. The Morgan fingerprint density at radius 1 is 1.62 bits per heavy atom. The van der Waals surface area contributed by atoms with Gasteiger partial charge in [0.05, 0.1) is 12.6 Å². The number of amides is 1. The lowest BCUT2D eigenvalue weighted by Crippen LogP contribution is -2.40. The van der Waals surface area contributed by atoms with Crippen LogP contribution in [0.25, 0.3) is 0 Å². The third-order valence-electron chi connectivity index (χ3n) is 3.82. The number of nitrogens with zero attached hydrogens (tertiary/aromatic N) is 2. The topological polar surface area (TPSA) is 80.5 Å². The van der Waals surface area contributed by atoms with E-state index in [0.29, 0.717) is 29.9 Å². The van der Waals surface area contributed by atoms with E-state index in [1.807, 2.05) is 13.8 Å². The van der Waals surface area contributed by atoms with Gasteiger partial charge in [0.1, 0.15) is 10.7 Å². The number of hydrogen-bond acceptors (Lipinski definition) is 6. The number of nitrogen functional groups attached to an aromatic ring is 1. The van der Waals surface area contributed by atoms with Crippen LogP contribution in [-0.4, -0.2) is 48.1 Å². The van der Waals surface area contributed by atoms with E-state index in [1.54, 1.807) is 12.0 Å². The van der Waals surface area contributed by atoms with E-state index in [-0.39, 0.29) is 11.9 Å². The van der Waals surface area contributed by atoms with Gasteiger partial charge in [0.2, 0.25) is 0 Å². The first-order valence-corrected chi connectivity index (χ1v) is 8.21. The number of anilines is 2. The van der Waals surface area contributed by atoms with Crippen molar-refractivity contribution in [2.75, 3.05) is 31.3 Å². The van der Waals surface area contributed by atoms with E-state index in [1.165, 1.54) is 17.8 Å². The zero-order chi connectivity index (χ0) is 15.4. The van der Waals surface area contributed by atoms with Crippen LogP contribution in [0.2, 0.25) is 0 Å². The fraction of sp³-hybridized carbons (Fsp3) is 0.714.